The molecule has 3 aromatic rings. The topological polar surface area (TPSA) is 87.4 Å². The van der Waals surface area contributed by atoms with Crippen LogP contribution in [0, 0.1) is 18.6 Å². The van der Waals surface area contributed by atoms with Gasteiger partial charge in [-0.2, -0.15) is 0 Å². The standard InChI is InChI=1S/C25H22F2N4O5/c1-15-13-30(14-28-15)20-5-4-16(8-21(20)33-2)9-22-23-29-36-25(24(32)34-3,31(23)6-7-35-22)17-10-18(26)12-19(27)11-17/h4-5,8-14H,6-7H2,1-3H3/b22-9-. The summed E-state index contributed by atoms with van der Waals surface area (Å²) in [5, 5.41) is 4.06. The molecule has 1 saturated heterocycles. The number of amidine groups is 1. The maximum Gasteiger partial charge on any atom is 0.380 e. The molecular weight excluding hydrogens is 474 g/mol. The average Bonchev–Trinajstić information content (AvgIpc) is 3.48. The normalized spacial score (nSPS) is 19.9. The molecule has 0 bridgehead atoms. The van der Waals surface area contributed by atoms with Crippen molar-refractivity contribution in [3.05, 3.63) is 83.1 Å². The van der Waals surface area contributed by atoms with Gasteiger partial charge in [-0.05, 0) is 42.8 Å². The predicted octanol–water partition coefficient (Wildman–Crippen LogP) is 3.51. The van der Waals surface area contributed by atoms with Gasteiger partial charge in [0.15, 0.2) is 5.76 Å². The van der Waals surface area contributed by atoms with Gasteiger partial charge in [0, 0.05) is 17.8 Å². The van der Waals surface area contributed by atoms with Gasteiger partial charge in [0.05, 0.1) is 38.5 Å². The summed E-state index contributed by atoms with van der Waals surface area (Å²) in [5.74, 6) is -1.53. The fraction of sp³-hybridized carbons (Fsp3) is 0.240. The van der Waals surface area contributed by atoms with Crippen LogP contribution >= 0.6 is 0 Å². The first-order valence-electron chi connectivity index (χ1n) is 11.0. The molecule has 9 nitrogen and oxygen atoms in total. The van der Waals surface area contributed by atoms with Gasteiger partial charge < -0.3 is 23.6 Å². The molecule has 0 amide bonds. The monoisotopic (exact) mass is 496 g/mol. The number of halogens is 2. The lowest BCUT2D eigenvalue weighted by molar-refractivity contribution is -0.187. The number of carbonyl (C=O) groups is 1. The van der Waals surface area contributed by atoms with E-state index in [1.54, 1.807) is 19.5 Å². The largest absolute Gasteiger partial charge is 0.495 e. The van der Waals surface area contributed by atoms with Crippen molar-refractivity contribution in [1.82, 2.24) is 14.5 Å². The van der Waals surface area contributed by atoms with E-state index >= 15 is 0 Å². The Morgan fingerprint density at radius 1 is 1.17 bits per heavy atom. The van der Waals surface area contributed by atoms with Crippen molar-refractivity contribution in [2.24, 2.45) is 5.16 Å². The molecule has 2 aromatic carbocycles. The number of fused-ring (bicyclic) bond motifs is 1. The third-order valence-corrected chi connectivity index (χ3v) is 5.90. The Morgan fingerprint density at radius 3 is 2.61 bits per heavy atom. The first kappa shape index (κ1) is 23.3. The lowest BCUT2D eigenvalue weighted by Crippen LogP contribution is -2.55. The van der Waals surface area contributed by atoms with Gasteiger partial charge in [0.25, 0.3) is 0 Å². The Morgan fingerprint density at radius 2 is 1.94 bits per heavy atom. The number of methoxy groups -OCH3 is 2. The molecule has 2 aliphatic rings. The molecule has 0 radical (unpaired) electrons. The zero-order chi connectivity index (χ0) is 25.4. The highest BCUT2D eigenvalue weighted by Crippen LogP contribution is 2.40. The number of aromatic nitrogens is 2. The molecule has 186 valence electrons. The van der Waals surface area contributed by atoms with Crippen LogP contribution < -0.4 is 4.74 Å². The van der Waals surface area contributed by atoms with E-state index in [9.17, 15) is 13.6 Å². The molecule has 0 aliphatic carbocycles. The van der Waals surface area contributed by atoms with Gasteiger partial charge in [0.1, 0.15) is 24.0 Å². The smallest absolute Gasteiger partial charge is 0.380 e. The van der Waals surface area contributed by atoms with Gasteiger partial charge in [-0.25, -0.2) is 18.6 Å². The Hall–Kier alpha value is -4.41. The van der Waals surface area contributed by atoms with Crippen LogP contribution in [0.1, 0.15) is 16.8 Å². The SMILES string of the molecule is COC(=O)C1(c2cc(F)cc(F)c2)ON=C2/C(=C/c3ccc(-n4cnc(C)c4)c(OC)c3)OCCN21. The minimum absolute atomic E-state index is 0.0894. The molecule has 2 aliphatic heterocycles. The van der Waals surface area contributed by atoms with Crippen molar-refractivity contribution in [2.75, 3.05) is 27.4 Å². The van der Waals surface area contributed by atoms with Gasteiger partial charge in [-0.1, -0.05) is 11.2 Å². The second-order valence-electron chi connectivity index (χ2n) is 8.16. The number of aryl methyl sites for hydroxylation is 1. The number of oxime groups is 1. The van der Waals surface area contributed by atoms with Crippen molar-refractivity contribution in [3.63, 3.8) is 0 Å². The van der Waals surface area contributed by atoms with Crippen molar-refractivity contribution < 1.29 is 32.6 Å². The first-order chi connectivity index (χ1) is 17.3. The lowest BCUT2D eigenvalue weighted by atomic mass is 9.99. The molecule has 3 heterocycles. The molecule has 5 rings (SSSR count). The molecule has 0 saturated carbocycles. The highest BCUT2D eigenvalue weighted by atomic mass is 19.1. The van der Waals surface area contributed by atoms with E-state index in [2.05, 4.69) is 10.1 Å². The van der Waals surface area contributed by atoms with Crippen LogP contribution in [0.5, 0.6) is 5.75 Å². The third-order valence-electron chi connectivity index (χ3n) is 5.90. The highest BCUT2D eigenvalue weighted by molar-refractivity contribution is 6.04. The second kappa shape index (κ2) is 8.99. The molecular formula is C25H22F2N4O5. The quantitative estimate of drug-likeness (QED) is 0.500. The van der Waals surface area contributed by atoms with E-state index in [0.717, 1.165) is 36.2 Å². The Kier molecular flexibility index (Phi) is 5.83. The number of benzene rings is 2. The van der Waals surface area contributed by atoms with Gasteiger partial charge in [0.2, 0.25) is 5.84 Å². The molecule has 11 heteroatoms. The summed E-state index contributed by atoms with van der Waals surface area (Å²) < 4.78 is 46.4. The maximum atomic E-state index is 14.1. The number of carbonyl (C=O) groups excluding carboxylic acids is 1. The lowest BCUT2D eigenvalue weighted by Gasteiger charge is -2.37. The molecule has 36 heavy (non-hydrogen) atoms. The van der Waals surface area contributed by atoms with Gasteiger partial charge in [-0.15, -0.1) is 0 Å². The van der Waals surface area contributed by atoms with E-state index < -0.39 is 23.3 Å². The second-order valence-corrected chi connectivity index (χ2v) is 8.16. The number of rotatable bonds is 5. The Balaban J connectivity index is 1.52. The van der Waals surface area contributed by atoms with Crippen LogP contribution in [0.25, 0.3) is 11.8 Å². The minimum atomic E-state index is -2.00. The number of ether oxygens (including phenoxy) is 3. The van der Waals surface area contributed by atoms with Crippen molar-refractivity contribution in [1.29, 1.82) is 0 Å². The van der Waals surface area contributed by atoms with E-state index in [1.165, 1.54) is 4.90 Å². The predicted molar refractivity (Wildman–Crippen MR) is 124 cm³/mol. The van der Waals surface area contributed by atoms with E-state index in [-0.39, 0.29) is 24.6 Å². The summed E-state index contributed by atoms with van der Waals surface area (Å²) in [7, 11) is 2.73. The van der Waals surface area contributed by atoms with Crippen LogP contribution in [0.4, 0.5) is 8.78 Å². The Bertz CT molecular complexity index is 1380. The van der Waals surface area contributed by atoms with Crippen LogP contribution in [0.15, 0.2) is 59.8 Å². The summed E-state index contributed by atoms with van der Waals surface area (Å²) in [6.07, 6.45) is 5.28. The number of hydrogen-bond donors (Lipinski definition) is 0. The summed E-state index contributed by atoms with van der Waals surface area (Å²) in [6, 6.07) is 8.27. The number of imidazole rings is 1. The molecule has 1 unspecified atom stereocenters. The number of hydrogen-bond acceptors (Lipinski definition) is 8. The van der Waals surface area contributed by atoms with Crippen LogP contribution in [0.2, 0.25) is 0 Å². The molecule has 0 spiro atoms. The first-order valence-corrected chi connectivity index (χ1v) is 11.0. The number of nitrogens with zero attached hydrogens (tertiary/aromatic N) is 4. The molecule has 1 atom stereocenters. The van der Waals surface area contributed by atoms with Crippen molar-refractivity contribution >= 4 is 17.9 Å². The Labute approximate surface area is 205 Å². The summed E-state index contributed by atoms with van der Waals surface area (Å²) in [5.41, 5.74) is 0.292. The van der Waals surface area contributed by atoms with E-state index in [1.807, 2.05) is 35.9 Å². The summed E-state index contributed by atoms with van der Waals surface area (Å²) >= 11 is 0. The summed E-state index contributed by atoms with van der Waals surface area (Å²) in [4.78, 5) is 24.2. The average molecular weight is 496 g/mol. The molecule has 1 aromatic heterocycles. The zero-order valence-corrected chi connectivity index (χ0v) is 19.7. The molecule has 0 N–H and O–H groups in total. The number of esters is 1. The summed E-state index contributed by atoms with van der Waals surface area (Å²) in [6.45, 7) is 2.21. The van der Waals surface area contributed by atoms with Crippen LogP contribution in [-0.4, -0.2) is 53.6 Å². The fourth-order valence-electron chi connectivity index (χ4n) is 4.28. The third kappa shape index (κ3) is 3.82. The van der Waals surface area contributed by atoms with Gasteiger partial charge in [-0.3, -0.25) is 4.90 Å². The number of morpholine rings is 1. The fourth-order valence-corrected chi connectivity index (χ4v) is 4.28. The maximum absolute atomic E-state index is 14.1. The van der Waals surface area contributed by atoms with Crippen molar-refractivity contribution in [3.8, 4) is 11.4 Å². The van der Waals surface area contributed by atoms with E-state index in [0.29, 0.717) is 17.6 Å². The van der Waals surface area contributed by atoms with Crippen LogP contribution in [0.3, 0.4) is 0 Å². The highest BCUT2D eigenvalue weighted by Gasteiger charge is 2.57. The van der Waals surface area contributed by atoms with Crippen molar-refractivity contribution in [2.45, 2.75) is 12.6 Å². The van der Waals surface area contributed by atoms with E-state index in [4.69, 9.17) is 19.0 Å². The van der Waals surface area contributed by atoms with Gasteiger partial charge >= 0.3 is 11.7 Å². The van der Waals surface area contributed by atoms with Crippen LogP contribution in [-0.2, 0) is 24.8 Å². The zero-order valence-electron chi connectivity index (χ0n) is 19.7. The minimum Gasteiger partial charge on any atom is -0.495 e. The molecule has 1 fully saturated rings.